The van der Waals surface area contributed by atoms with Crippen molar-refractivity contribution >= 4 is 29.4 Å². The van der Waals surface area contributed by atoms with E-state index in [1.807, 2.05) is 0 Å². The van der Waals surface area contributed by atoms with Crippen molar-refractivity contribution in [3.63, 3.8) is 0 Å². The fourth-order valence-electron chi connectivity index (χ4n) is 3.85. The lowest BCUT2D eigenvalue weighted by atomic mass is 9.81. The Hall–Kier alpha value is -3.04. The predicted molar refractivity (Wildman–Crippen MR) is 99.4 cm³/mol. The lowest BCUT2D eigenvalue weighted by Crippen LogP contribution is -2.45. The van der Waals surface area contributed by atoms with E-state index in [9.17, 15) is 28.0 Å². The number of imide groups is 1. The third kappa shape index (κ3) is 4.74. The number of rotatable bonds is 7. The van der Waals surface area contributed by atoms with Crippen LogP contribution in [0, 0.1) is 11.8 Å². The van der Waals surface area contributed by atoms with Crippen LogP contribution in [0.2, 0.25) is 0 Å². The summed E-state index contributed by atoms with van der Waals surface area (Å²) in [5.41, 5.74) is 0.291. The monoisotopic (exact) mass is 424 g/mol. The number of nitrogens with zero attached hydrogens (tertiary/aromatic N) is 1. The minimum Gasteiger partial charge on any atom is -0.454 e. The minimum atomic E-state index is -2.95. The van der Waals surface area contributed by atoms with Gasteiger partial charge in [-0.2, -0.15) is 8.78 Å². The highest BCUT2D eigenvalue weighted by Crippen LogP contribution is 2.38. The first kappa shape index (κ1) is 21.7. The van der Waals surface area contributed by atoms with Crippen molar-refractivity contribution < 1.29 is 37.4 Å². The van der Waals surface area contributed by atoms with Gasteiger partial charge in [0.15, 0.2) is 6.61 Å². The first-order valence-electron chi connectivity index (χ1n) is 9.66. The number of carbonyl (C=O) groups excluding carboxylic acids is 4. The summed E-state index contributed by atoms with van der Waals surface area (Å²) >= 11 is 0. The van der Waals surface area contributed by atoms with Crippen molar-refractivity contribution in [2.75, 3.05) is 11.9 Å². The topological polar surface area (TPSA) is 102 Å². The Labute approximate surface area is 171 Å². The standard InChI is InChI=1S/C20H22F2N2O6/c1-11(24-17(26)14-4-2-3-5-15(14)18(24)27)19(28)29-10-16(25)23-12-6-8-13(9-7-12)30-20(21)22/h6-9,11,14-15,20H,2-5,10H2,1H3,(H,23,25)/t11-,14?,15?/m0/s1. The molecule has 0 radical (unpaired) electrons. The van der Waals surface area contributed by atoms with Gasteiger partial charge in [-0.25, -0.2) is 4.79 Å². The smallest absolute Gasteiger partial charge is 0.387 e. The van der Waals surface area contributed by atoms with Crippen molar-refractivity contribution in [2.24, 2.45) is 11.8 Å². The van der Waals surface area contributed by atoms with E-state index in [1.54, 1.807) is 0 Å². The van der Waals surface area contributed by atoms with E-state index >= 15 is 0 Å². The molecule has 1 N–H and O–H groups in total. The largest absolute Gasteiger partial charge is 0.454 e. The van der Waals surface area contributed by atoms with Crippen molar-refractivity contribution in [1.29, 1.82) is 0 Å². The van der Waals surface area contributed by atoms with E-state index < -0.39 is 31.1 Å². The number of alkyl halides is 2. The van der Waals surface area contributed by atoms with E-state index in [0.29, 0.717) is 18.5 Å². The van der Waals surface area contributed by atoms with Gasteiger partial charge in [0.2, 0.25) is 11.8 Å². The molecular formula is C20H22F2N2O6. The molecule has 1 aromatic carbocycles. The van der Waals surface area contributed by atoms with Crippen molar-refractivity contribution in [3.8, 4) is 5.75 Å². The van der Waals surface area contributed by atoms with Crippen LogP contribution in [0.3, 0.4) is 0 Å². The zero-order valence-electron chi connectivity index (χ0n) is 16.3. The van der Waals surface area contributed by atoms with Crippen LogP contribution in [0.4, 0.5) is 14.5 Å². The molecule has 2 unspecified atom stereocenters. The second-order valence-corrected chi connectivity index (χ2v) is 7.28. The summed E-state index contributed by atoms with van der Waals surface area (Å²) in [6, 6.07) is 4.08. The Bertz CT molecular complexity index is 805. The Morgan fingerprint density at radius 3 is 2.20 bits per heavy atom. The van der Waals surface area contributed by atoms with Crippen LogP contribution in [-0.4, -0.2) is 47.9 Å². The Morgan fingerprint density at radius 2 is 1.67 bits per heavy atom. The minimum absolute atomic E-state index is 0.0660. The van der Waals surface area contributed by atoms with Crippen LogP contribution in [0.15, 0.2) is 24.3 Å². The molecule has 10 heteroatoms. The predicted octanol–water partition coefficient (Wildman–Crippen LogP) is 2.33. The summed E-state index contributed by atoms with van der Waals surface area (Å²) in [5.74, 6) is -3.04. The highest BCUT2D eigenvalue weighted by atomic mass is 19.3. The fraction of sp³-hybridized carbons (Fsp3) is 0.500. The SMILES string of the molecule is C[C@@H](C(=O)OCC(=O)Nc1ccc(OC(F)F)cc1)N1C(=O)C2CCCCC2C1=O. The lowest BCUT2D eigenvalue weighted by Gasteiger charge is -2.21. The van der Waals surface area contributed by atoms with E-state index in [2.05, 4.69) is 10.1 Å². The number of hydrogen-bond donors (Lipinski definition) is 1. The van der Waals surface area contributed by atoms with Gasteiger partial charge >= 0.3 is 12.6 Å². The molecule has 30 heavy (non-hydrogen) atoms. The summed E-state index contributed by atoms with van der Waals surface area (Å²) in [6.07, 6.45) is 3.03. The maximum absolute atomic E-state index is 12.5. The Kier molecular flexibility index (Phi) is 6.63. The molecule has 1 saturated heterocycles. The van der Waals surface area contributed by atoms with E-state index in [1.165, 1.54) is 31.2 Å². The van der Waals surface area contributed by atoms with Crippen LogP contribution >= 0.6 is 0 Å². The second kappa shape index (κ2) is 9.19. The van der Waals surface area contributed by atoms with E-state index in [-0.39, 0.29) is 29.4 Å². The van der Waals surface area contributed by atoms with E-state index in [0.717, 1.165) is 17.7 Å². The molecule has 2 fully saturated rings. The lowest BCUT2D eigenvalue weighted by molar-refractivity contribution is -0.159. The quantitative estimate of drug-likeness (QED) is 0.533. The van der Waals surface area contributed by atoms with Crippen LogP contribution in [0.1, 0.15) is 32.6 Å². The summed E-state index contributed by atoms with van der Waals surface area (Å²) in [7, 11) is 0. The molecule has 1 aliphatic carbocycles. The summed E-state index contributed by atoms with van der Waals surface area (Å²) in [5, 5.41) is 2.44. The van der Waals surface area contributed by atoms with Gasteiger partial charge in [-0.3, -0.25) is 19.3 Å². The number of ether oxygens (including phenoxy) is 2. The second-order valence-electron chi connectivity index (χ2n) is 7.28. The van der Waals surface area contributed by atoms with Gasteiger partial charge in [-0.05, 0) is 44.0 Å². The molecule has 2 aliphatic rings. The van der Waals surface area contributed by atoms with Gasteiger partial charge in [0.05, 0.1) is 11.8 Å². The molecule has 1 aromatic rings. The van der Waals surface area contributed by atoms with Crippen LogP contribution in [0.25, 0.3) is 0 Å². The van der Waals surface area contributed by atoms with Gasteiger partial charge < -0.3 is 14.8 Å². The number of amides is 3. The molecule has 162 valence electrons. The van der Waals surface area contributed by atoms with Crippen LogP contribution < -0.4 is 10.1 Å². The highest BCUT2D eigenvalue weighted by molar-refractivity contribution is 6.08. The summed E-state index contributed by atoms with van der Waals surface area (Å²) < 4.78 is 33.4. The molecule has 3 rings (SSSR count). The Morgan fingerprint density at radius 1 is 1.10 bits per heavy atom. The molecule has 8 nitrogen and oxygen atoms in total. The Balaban J connectivity index is 1.50. The van der Waals surface area contributed by atoms with Gasteiger partial charge in [-0.1, -0.05) is 12.8 Å². The maximum atomic E-state index is 12.5. The number of carbonyl (C=O) groups is 4. The maximum Gasteiger partial charge on any atom is 0.387 e. The first-order chi connectivity index (χ1) is 14.3. The molecule has 0 bridgehead atoms. The van der Waals surface area contributed by atoms with Crippen molar-refractivity contribution in [1.82, 2.24) is 4.90 Å². The molecule has 1 heterocycles. The third-order valence-corrected chi connectivity index (χ3v) is 5.31. The number of nitrogens with one attached hydrogen (secondary N) is 1. The first-order valence-corrected chi connectivity index (χ1v) is 9.66. The number of hydrogen-bond acceptors (Lipinski definition) is 6. The molecule has 0 spiro atoms. The molecule has 3 amide bonds. The van der Waals surface area contributed by atoms with Gasteiger partial charge in [0.25, 0.3) is 5.91 Å². The van der Waals surface area contributed by atoms with Crippen LogP contribution in [0.5, 0.6) is 5.75 Å². The number of likely N-dealkylation sites (tertiary alicyclic amines) is 1. The summed E-state index contributed by atoms with van der Waals surface area (Å²) in [6.45, 7) is -2.18. The summed E-state index contributed by atoms with van der Waals surface area (Å²) in [4.78, 5) is 50.3. The van der Waals surface area contributed by atoms with Crippen molar-refractivity contribution in [2.45, 2.75) is 45.3 Å². The van der Waals surface area contributed by atoms with Gasteiger partial charge in [0, 0.05) is 5.69 Å². The highest BCUT2D eigenvalue weighted by Gasteiger charge is 2.51. The molecule has 1 saturated carbocycles. The number of benzene rings is 1. The fourth-order valence-corrected chi connectivity index (χ4v) is 3.85. The zero-order valence-corrected chi connectivity index (χ0v) is 16.3. The zero-order chi connectivity index (χ0) is 21.8. The molecule has 3 atom stereocenters. The third-order valence-electron chi connectivity index (χ3n) is 5.31. The van der Waals surface area contributed by atoms with Gasteiger partial charge in [-0.15, -0.1) is 0 Å². The normalized spacial score (nSPS) is 21.9. The molecule has 0 aromatic heterocycles. The van der Waals surface area contributed by atoms with Crippen molar-refractivity contribution in [3.05, 3.63) is 24.3 Å². The van der Waals surface area contributed by atoms with Gasteiger partial charge in [0.1, 0.15) is 11.8 Å². The number of anilines is 1. The average Bonchev–Trinajstić information content (AvgIpc) is 2.97. The van der Waals surface area contributed by atoms with E-state index in [4.69, 9.17) is 4.74 Å². The van der Waals surface area contributed by atoms with Crippen LogP contribution in [-0.2, 0) is 23.9 Å². The number of halogens is 2. The number of esters is 1. The average molecular weight is 424 g/mol. The number of fused-ring (bicyclic) bond motifs is 1. The molecule has 1 aliphatic heterocycles. The molecular weight excluding hydrogens is 402 g/mol.